The van der Waals surface area contributed by atoms with Gasteiger partial charge in [-0.3, -0.25) is 33.8 Å². The van der Waals surface area contributed by atoms with E-state index >= 15 is 0 Å². The number of rotatable bonds is 24. The predicted octanol–water partition coefficient (Wildman–Crippen LogP) is -2.81. The standard InChI is InChI=1S/C36H54N12O9/c37-13-5-4-10-25(35(56)57)45-31(52)24(11-6-14-42-36(39)40)44-33(54)28-12-7-15-48(28)34(55)27(18-29(49)50)47-32(53)26(16-21-8-2-1-3-9-21)46-30(51)23(38)17-22-19-41-20-43-22/h1-3,8-9,19-20,23-28H,4-7,10-18,37-38H2,(H,41,43)(H,44,54)(H,45,52)(H,46,51)(H,47,53)(H,49,50)(H,56,57)(H4,39,40,42)/t23-,24-,25-,26-,27-,28-/m0/s1. The molecule has 3 rings (SSSR count). The van der Waals surface area contributed by atoms with Crippen molar-refractivity contribution in [3.8, 4) is 0 Å². The summed E-state index contributed by atoms with van der Waals surface area (Å²) >= 11 is 0. The van der Waals surface area contributed by atoms with Gasteiger partial charge >= 0.3 is 11.9 Å². The van der Waals surface area contributed by atoms with Crippen LogP contribution in [0.25, 0.3) is 0 Å². The van der Waals surface area contributed by atoms with Crippen molar-refractivity contribution >= 4 is 47.4 Å². The number of aromatic amines is 1. The van der Waals surface area contributed by atoms with Gasteiger partial charge in [0.2, 0.25) is 29.5 Å². The number of hydrogen-bond donors (Lipinski definition) is 11. The van der Waals surface area contributed by atoms with Gasteiger partial charge in [-0.25, -0.2) is 9.78 Å². The van der Waals surface area contributed by atoms with E-state index in [4.69, 9.17) is 22.9 Å². The molecule has 0 unspecified atom stereocenters. The molecule has 5 amide bonds. The van der Waals surface area contributed by atoms with E-state index in [0.717, 1.165) is 4.90 Å². The Balaban J connectivity index is 1.79. The zero-order chi connectivity index (χ0) is 41.9. The van der Waals surface area contributed by atoms with Crippen molar-refractivity contribution in [3.05, 3.63) is 54.1 Å². The number of aromatic nitrogens is 2. The fourth-order valence-corrected chi connectivity index (χ4v) is 6.28. The highest BCUT2D eigenvalue weighted by atomic mass is 16.4. The van der Waals surface area contributed by atoms with Crippen LogP contribution in [-0.2, 0) is 46.4 Å². The summed E-state index contributed by atoms with van der Waals surface area (Å²) in [5.74, 6) is -6.82. The third-order valence-electron chi connectivity index (χ3n) is 9.22. The second-order valence-electron chi connectivity index (χ2n) is 13.7. The maximum atomic E-state index is 14.0. The number of carboxylic acids is 2. The van der Waals surface area contributed by atoms with Crippen LogP contribution in [0.4, 0.5) is 0 Å². The number of aliphatic carboxylic acids is 2. The minimum absolute atomic E-state index is 0.00191. The molecule has 0 bridgehead atoms. The van der Waals surface area contributed by atoms with E-state index < -0.39 is 84.1 Å². The fourth-order valence-electron chi connectivity index (χ4n) is 6.28. The molecular weight excluding hydrogens is 744 g/mol. The molecule has 1 aromatic carbocycles. The molecule has 1 aliphatic heterocycles. The number of guanidine groups is 1. The number of likely N-dealkylation sites (tertiary alicyclic amines) is 1. The maximum absolute atomic E-state index is 14.0. The lowest BCUT2D eigenvalue weighted by atomic mass is 10.0. The first-order valence-corrected chi connectivity index (χ1v) is 18.7. The Morgan fingerprint density at radius 3 is 2.16 bits per heavy atom. The number of carbonyl (C=O) groups excluding carboxylic acids is 5. The maximum Gasteiger partial charge on any atom is 0.326 e. The number of nitrogens with one attached hydrogen (secondary N) is 5. The van der Waals surface area contributed by atoms with Gasteiger partial charge in [-0.05, 0) is 57.1 Å². The predicted molar refractivity (Wildman–Crippen MR) is 206 cm³/mol. The van der Waals surface area contributed by atoms with Crippen molar-refractivity contribution in [2.75, 3.05) is 19.6 Å². The Morgan fingerprint density at radius 2 is 1.53 bits per heavy atom. The van der Waals surface area contributed by atoms with Gasteiger partial charge in [0.05, 0.1) is 18.8 Å². The highest BCUT2D eigenvalue weighted by molar-refractivity contribution is 5.98. The molecule has 312 valence electrons. The zero-order valence-electron chi connectivity index (χ0n) is 31.6. The van der Waals surface area contributed by atoms with Crippen LogP contribution >= 0.6 is 0 Å². The number of nitrogens with zero attached hydrogens (tertiary/aromatic N) is 3. The van der Waals surface area contributed by atoms with Gasteiger partial charge < -0.3 is 64.3 Å². The second-order valence-corrected chi connectivity index (χ2v) is 13.7. The molecule has 1 fully saturated rings. The van der Waals surface area contributed by atoms with Crippen LogP contribution in [0.1, 0.15) is 62.6 Å². The van der Waals surface area contributed by atoms with Crippen LogP contribution in [0.15, 0.2) is 47.8 Å². The van der Waals surface area contributed by atoms with Gasteiger partial charge in [-0.1, -0.05) is 30.3 Å². The van der Waals surface area contributed by atoms with Gasteiger partial charge in [0.15, 0.2) is 5.96 Å². The van der Waals surface area contributed by atoms with E-state index in [-0.39, 0.29) is 57.6 Å². The minimum Gasteiger partial charge on any atom is -0.481 e. The van der Waals surface area contributed by atoms with Crippen LogP contribution in [0, 0.1) is 0 Å². The van der Waals surface area contributed by atoms with Gasteiger partial charge in [0.1, 0.15) is 30.2 Å². The molecule has 2 heterocycles. The van der Waals surface area contributed by atoms with Crippen molar-refractivity contribution in [1.82, 2.24) is 36.1 Å². The van der Waals surface area contributed by atoms with Gasteiger partial charge in [0, 0.05) is 37.8 Å². The fraction of sp³-hybridized carbons (Fsp3) is 0.528. The lowest BCUT2D eigenvalue weighted by molar-refractivity contribution is -0.146. The number of amides is 5. The summed E-state index contributed by atoms with van der Waals surface area (Å²) in [6, 6.07) is 0.990. The highest BCUT2D eigenvalue weighted by Crippen LogP contribution is 2.20. The molecule has 1 aromatic heterocycles. The summed E-state index contributed by atoms with van der Waals surface area (Å²) in [5.41, 5.74) is 23.7. The number of aliphatic imine (C=N–C) groups is 1. The Morgan fingerprint density at radius 1 is 0.860 bits per heavy atom. The normalized spacial score (nSPS) is 16.2. The van der Waals surface area contributed by atoms with E-state index in [2.05, 4.69) is 36.2 Å². The number of H-pyrrole nitrogens is 1. The van der Waals surface area contributed by atoms with Crippen LogP contribution in [0.3, 0.4) is 0 Å². The molecule has 0 saturated carbocycles. The molecule has 0 aliphatic carbocycles. The Hall–Kier alpha value is -6.09. The van der Waals surface area contributed by atoms with Crippen LogP contribution in [0.2, 0.25) is 0 Å². The van der Waals surface area contributed by atoms with Crippen molar-refractivity contribution in [1.29, 1.82) is 0 Å². The number of hydrogen-bond acceptors (Lipinski definition) is 11. The molecule has 1 aliphatic rings. The van der Waals surface area contributed by atoms with Crippen LogP contribution in [0.5, 0.6) is 0 Å². The molecule has 57 heavy (non-hydrogen) atoms. The topological polar surface area (TPSA) is 356 Å². The number of nitrogens with two attached hydrogens (primary N) is 4. The third kappa shape index (κ3) is 15.2. The van der Waals surface area contributed by atoms with Crippen molar-refractivity contribution in [2.45, 2.75) is 100 Å². The van der Waals surface area contributed by atoms with Crippen LogP contribution < -0.4 is 44.2 Å². The van der Waals surface area contributed by atoms with Gasteiger partial charge in [-0.15, -0.1) is 0 Å². The SMILES string of the molecule is NCCCC[C@H](NC(=O)[C@H](CCCN=C(N)N)NC(=O)[C@@H]1CCCN1C(=O)[C@H](CC(=O)O)NC(=O)[C@H](Cc1ccccc1)NC(=O)[C@@H](N)Cc1cnc[nH]1)C(=O)O. The van der Waals surface area contributed by atoms with E-state index in [1.807, 2.05) is 0 Å². The lowest BCUT2D eigenvalue weighted by Crippen LogP contribution is -2.59. The van der Waals surface area contributed by atoms with E-state index in [9.17, 15) is 43.8 Å². The van der Waals surface area contributed by atoms with E-state index in [1.165, 1.54) is 12.5 Å². The Kier molecular flexibility index (Phi) is 18.3. The summed E-state index contributed by atoms with van der Waals surface area (Å²) in [7, 11) is 0. The quantitative estimate of drug-likeness (QED) is 0.0290. The van der Waals surface area contributed by atoms with Crippen molar-refractivity contribution in [2.24, 2.45) is 27.9 Å². The number of benzene rings is 1. The molecule has 6 atom stereocenters. The Bertz CT molecular complexity index is 1690. The molecule has 15 N–H and O–H groups in total. The lowest BCUT2D eigenvalue weighted by Gasteiger charge is -2.30. The zero-order valence-corrected chi connectivity index (χ0v) is 31.6. The molecule has 21 heteroatoms. The first-order chi connectivity index (χ1) is 27.2. The average Bonchev–Trinajstić information content (AvgIpc) is 3.88. The minimum atomic E-state index is -1.65. The molecular formula is C36H54N12O9. The molecule has 0 spiro atoms. The summed E-state index contributed by atoms with van der Waals surface area (Å²) in [5, 5.41) is 29.6. The highest BCUT2D eigenvalue weighted by Gasteiger charge is 2.40. The average molecular weight is 799 g/mol. The number of carboxylic acid groups (broad SMARTS) is 2. The van der Waals surface area contributed by atoms with Crippen LogP contribution in [-0.4, -0.2) is 128 Å². The summed E-state index contributed by atoms with van der Waals surface area (Å²) < 4.78 is 0. The van der Waals surface area contributed by atoms with Gasteiger partial charge in [-0.2, -0.15) is 0 Å². The smallest absolute Gasteiger partial charge is 0.326 e. The van der Waals surface area contributed by atoms with Gasteiger partial charge in [0.25, 0.3) is 0 Å². The largest absolute Gasteiger partial charge is 0.481 e. The first-order valence-electron chi connectivity index (χ1n) is 18.7. The summed E-state index contributed by atoms with van der Waals surface area (Å²) in [4.78, 5) is 104. The van der Waals surface area contributed by atoms with Crippen molar-refractivity contribution in [3.63, 3.8) is 0 Å². The number of carbonyl (C=O) groups is 7. The summed E-state index contributed by atoms with van der Waals surface area (Å²) in [6.07, 6.45) is 3.90. The summed E-state index contributed by atoms with van der Waals surface area (Å²) in [6.45, 7) is 0.469. The molecule has 2 aromatic rings. The van der Waals surface area contributed by atoms with Crippen molar-refractivity contribution < 1.29 is 43.8 Å². The molecule has 21 nitrogen and oxygen atoms in total. The molecule has 1 saturated heterocycles. The Labute approximate surface area is 329 Å². The first kappa shape index (κ1) is 45.3. The van der Waals surface area contributed by atoms with E-state index in [0.29, 0.717) is 37.1 Å². The molecule has 0 radical (unpaired) electrons. The second kappa shape index (κ2) is 23.1. The number of unbranched alkanes of at least 4 members (excludes halogenated alkanes) is 1. The third-order valence-corrected chi connectivity index (χ3v) is 9.22. The monoisotopic (exact) mass is 798 g/mol. The number of imidazole rings is 1. The van der Waals surface area contributed by atoms with E-state index in [1.54, 1.807) is 30.3 Å².